The molecule has 17 heavy (non-hydrogen) atoms. The smallest absolute Gasteiger partial charge is 0.0118 e. The fourth-order valence-electron chi connectivity index (χ4n) is 4.47. The van der Waals surface area contributed by atoms with Gasteiger partial charge in [0, 0.05) is 6.04 Å². The summed E-state index contributed by atoms with van der Waals surface area (Å²) < 4.78 is 0. The number of rotatable bonds is 4. The summed E-state index contributed by atoms with van der Waals surface area (Å²) in [5, 5.41) is 3.62. The van der Waals surface area contributed by atoms with E-state index in [1.807, 2.05) is 0 Å². The Kier molecular flexibility index (Phi) is 4.90. The first-order valence-corrected chi connectivity index (χ1v) is 7.93. The minimum absolute atomic E-state index is 0.767. The van der Waals surface area contributed by atoms with Gasteiger partial charge in [0.15, 0.2) is 0 Å². The van der Waals surface area contributed by atoms with Crippen molar-refractivity contribution in [1.82, 2.24) is 5.32 Å². The average molecular weight is 237 g/mol. The Hall–Kier alpha value is -0.0400. The van der Waals surface area contributed by atoms with Gasteiger partial charge in [-0.2, -0.15) is 0 Å². The molecule has 0 aromatic rings. The summed E-state index contributed by atoms with van der Waals surface area (Å²) in [6.07, 6.45) is 11.9. The second-order valence-corrected chi connectivity index (χ2v) is 6.58. The molecule has 1 nitrogen and oxygen atoms in total. The Balaban J connectivity index is 1.93. The second kappa shape index (κ2) is 6.22. The van der Waals surface area contributed by atoms with Crippen LogP contribution in [0.4, 0.5) is 0 Å². The minimum atomic E-state index is 0.767. The first-order valence-electron chi connectivity index (χ1n) is 7.93. The van der Waals surface area contributed by atoms with E-state index in [2.05, 4.69) is 26.2 Å². The van der Waals surface area contributed by atoms with Crippen LogP contribution in [0.5, 0.6) is 0 Å². The largest absolute Gasteiger partial charge is 0.316 e. The molecule has 0 heterocycles. The zero-order valence-electron chi connectivity index (χ0n) is 12.0. The maximum Gasteiger partial charge on any atom is 0.0118 e. The van der Waals surface area contributed by atoms with Crippen molar-refractivity contribution in [3.05, 3.63) is 0 Å². The third-order valence-electron chi connectivity index (χ3n) is 5.68. The molecule has 0 aliphatic heterocycles. The summed E-state index contributed by atoms with van der Waals surface area (Å²) in [5.41, 5.74) is 0. The monoisotopic (exact) mass is 237 g/mol. The van der Waals surface area contributed by atoms with Gasteiger partial charge in [-0.3, -0.25) is 0 Å². The van der Waals surface area contributed by atoms with Crippen molar-refractivity contribution in [3.8, 4) is 0 Å². The Morgan fingerprint density at radius 1 is 1.06 bits per heavy atom. The summed E-state index contributed by atoms with van der Waals surface area (Å²) in [6, 6.07) is 0.767. The lowest BCUT2D eigenvalue weighted by Crippen LogP contribution is -2.43. The fourth-order valence-corrected chi connectivity index (χ4v) is 4.47. The fraction of sp³-hybridized carbons (Fsp3) is 1.00. The highest BCUT2D eigenvalue weighted by molar-refractivity contribution is 4.89. The molecule has 0 saturated heterocycles. The Bertz CT molecular complexity index is 226. The van der Waals surface area contributed by atoms with Crippen molar-refractivity contribution in [2.45, 2.75) is 71.3 Å². The van der Waals surface area contributed by atoms with Crippen molar-refractivity contribution in [3.63, 3.8) is 0 Å². The average Bonchev–Trinajstić information content (AvgIpc) is 2.39. The summed E-state index contributed by atoms with van der Waals surface area (Å²) in [5.74, 6) is 3.95. The van der Waals surface area contributed by atoms with Crippen LogP contribution in [0.25, 0.3) is 0 Å². The molecule has 2 aliphatic rings. The van der Waals surface area contributed by atoms with Crippen LogP contribution in [0.15, 0.2) is 0 Å². The van der Waals surface area contributed by atoms with E-state index in [1.165, 1.54) is 51.4 Å². The molecule has 2 rings (SSSR count). The molecule has 5 atom stereocenters. The molecule has 100 valence electrons. The van der Waals surface area contributed by atoms with E-state index in [0.29, 0.717) is 0 Å². The maximum absolute atomic E-state index is 3.62. The molecule has 0 aromatic carbocycles. The van der Waals surface area contributed by atoms with Gasteiger partial charge in [-0.05, 0) is 50.0 Å². The molecule has 2 saturated carbocycles. The zero-order chi connectivity index (χ0) is 12.3. The first-order chi connectivity index (χ1) is 8.26. The number of hydrogen-bond donors (Lipinski definition) is 1. The Morgan fingerprint density at radius 3 is 2.41 bits per heavy atom. The van der Waals surface area contributed by atoms with Crippen LogP contribution in [0.1, 0.15) is 65.2 Å². The predicted molar refractivity (Wildman–Crippen MR) is 75.1 cm³/mol. The molecule has 1 N–H and O–H groups in total. The topological polar surface area (TPSA) is 12.0 Å². The van der Waals surface area contributed by atoms with Crippen LogP contribution in [0.2, 0.25) is 0 Å². The second-order valence-electron chi connectivity index (χ2n) is 6.58. The minimum Gasteiger partial charge on any atom is -0.316 e. The zero-order valence-corrected chi connectivity index (χ0v) is 12.0. The van der Waals surface area contributed by atoms with E-state index in [0.717, 1.165) is 29.7 Å². The van der Waals surface area contributed by atoms with Crippen molar-refractivity contribution < 1.29 is 0 Å². The first kappa shape index (κ1) is 13.4. The van der Waals surface area contributed by atoms with Crippen LogP contribution in [-0.4, -0.2) is 13.1 Å². The van der Waals surface area contributed by atoms with Gasteiger partial charge >= 0.3 is 0 Å². The molecule has 0 spiro atoms. The highest BCUT2D eigenvalue weighted by Gasteiger charge is 2.36. The van der Waals surface area contributed by atoms with Crippen molar-refractivity contribution >= 4 is 0 Å². The Labute approximate surface area is 108 Å². The predicted octanol–water partition coefficient (Wildman–Crippen LogP) is 4.23. The van der Waals surface area contributed by atoms with Crippen LogP contribution in [-0.2, 0) is 0 Å². The van der Waals surface area contributed by atoms with E-state index < -0.39 is 0 Å². The SMILES string of the molecule is CCC(C)C(NC)C1CCC2CCCCC2C1. The number of nitrogens with one attached hydrogen (secondary N) is 1. The van der Waals surface area contributed by atoms with Crippen molar-refractivity contribution in [2.75, 3.05) is 7.05 Å². The number of hydrogen-bond acceptors (Lipinski definition) is 1. The van der Waals surface area contributed by atoms with Crippen LogP contribution in [0.3, 0.4) is 0 Å². The lowest BCUT2D eigenvalue weighted by Gasteiger charge is -2.43. The molecule has 1 heteroatoms. The molecule has 5 unspecified atom stereocenters. The standard InChI is InChI=1S/C16H31N/c1-4-12(2)16(17-3)15-10-9-13-7-5-6-8-14(13)11-15/h12-17H,4-11H2,1-3H3. The van der Waals surface area contributed by atoms with Crippen LogP contribution >= 0.6 is 0 Å². The summed E-state index contributed by atoms with van der Waals surface area (Å²) in [7, 11) is 2.17. The van der Waals surface area contributed by atoms with Crippen molar-refractivity contribution in [1.29, 1.82) is 0 Å². The van der Waals surface area contributed by atoms with Gasteiger partial charge in [-0.15, -0.1) is 0 Å². The van der Waals surface area contributed by atoms with Gasteiger partial charge in [-0.1, -0.05) is 46.0 Å². The van der Waals surface area contributed by atoms with Crippen LogP contribution in [0, 0.1) is 23.7 Å². The summed E-state index contributed by atoms with van der Waals surface area (Å²) in [6.45, 7) is 4.76. The van der Waals surface area contributed by atoms with Gasteiger partial charge in [-0.25, -0.2) is 0 Å². The molecule has 0 bridgehead atoms. The third-order valence-corrected chi connectivity index (χ3v) is 5.68. The molecular formula is C16H31N. The van der Waals surface area contributed by atoms with Gasteiger partial charge in [0.2, 0.25) is 0 Å². The van der Waals surface area contributed by atoms with Gasteiger partial charge in [0.05, 0.1) is 0 Å². The van der Waals surface area contributed by atoms with E-state index in [1.54, 1.807) is 0 Å². The van der Waals surface area contributed by atoms with Crippen molar-refractivity contribution in [2.24, 2.45) is 23.7 Å². The van der Waals surface area contributed by atoms with Gasteiger partial charge in [0.25, 0.3) is 0 Å². The molecule has 2 aliphatic carbocycles. The van der Waals surface area contributed by atoms with E-state index >= 15 is 0 Å². The van der Waals surface area contributed by atoms with E-state index in [9.17, 15) is 0 Å². The molecule has 2 fully saturated rings. The lowest BCUT2D eigenvalue weighted by molar-refractivity contribution is 0.0970. The van der Waals surface area contributed by atoms with E-state index in [4.69, 9.17) is 0 Å². The van der Waals surface area contributed by atoms with Crippen LogP contribution < -0.4 is 5.32 Å². The number of fused-ring (bicyclic) bond motifs is 1. The third kappa shape index (κ3) is 3.05. The summed E-state index contributed by atoms with van der Waals surface area (Å²) >= 11 is 0. The normalized spacial score (nSPS) is 37.2. The molecular weight excluding hydrogens is 206 g/mol. The highest BCUT2D eigenvalue weighted by Crippen LogP contribution is 2.44. The van der Waals surface area contributed by atoms with E-state index in [-0.39, 0.29) is 0 Å². The highest BCUT2D eigenvalue weighted by atomic mass is 14.9. The lowest BCUT2D eigenvalue weighted by atomic mass is 9.65. The molecule has 0 radical (unpaired) electrons. The van der Waals surface area contributed by atoms with Gasteiger partial charge in [0.1, 0.15) is 0 Å². The quantitative estimate of drug-likeness (QED) is 0.771. The molecule has 0 aromatic heterocycles. The summed E-state index contributed by atoms with van der Waals surface area (Å²) in [4.78, 5) is 0. The van der Waals surface area contributed by atoms with Gasteiger partial charge < -0.3 is 5.32 Å². The Morgan fingerprint density at radius 2 is 1.76 bits per heavy atom. The molecule has 0 amide bonds. The maximum atomic E-state index is 3.62.